The van der Waals surface area contributed by atoms with E-state index in [1.165, 1.54) is 30.5 Å². The van der Waals surface area contributed by atoms with Gasteiger partial charge in [0.2, 0.25) is 0 Å². The lowest BCUT2D eigenvalue weighted by atomic mass is 9.97. The number of benzene rings is 3. The monoisotopic (exact) mass is 492 g/mol. The number of rotatable bonds is 5. The Morgan fingerprint density at radius 3 is 2.28 bits per heavy atom. The van der Waals surface area contributed by atoms with Crippen LogP contribution in [0, 0.1) is 11.6 Å². The Kier molecular flexibility index (Phi) is 6.13. The summed E-state index contributed by atoms with van der Waals surface area (Å²) in [6.07, 6.45) is -2.85. The normalized spacial score (nSPS) is 15.2. The van der Waals surface area contributed by atoms with E-state index in [-0.39, 0.29) is 29.1 Å². The highest BCUT2D eigenvalue weighted by molar-refractivity contribution is 6.07. The minimum Gasteiger partial charge on any atom is -0.257 e. The first-order chi connectivity index (χ1) is 17.3. The van der Waals surface area contributed by atoms with Gasteiger partial charge in [-0.3, -0.25) is 4.99 Å². The van der Waals surface area contributed by atoms with Gasteiger partial charge in [-0.25, -0.2) is 13.8 Å². The van der Waals surface area contributed by atoms with E-state index < -0.39 is 29.4 Å². The van der Waals surface area contributed by atoms with Crippen molar-refractivity contribution in [2.45, 2.75) is 18.6 Å². The Hall–Kier alpha value is -4.27. The van der Waals surface area contributed by atoms with Gasteiger partial charge in [-0.2, -0.15) is 23.4 Å². The molecule has 0 saturated heterocycles. The van der Waals surface area contributed by atoms with Crippen molar-refractivity contribution in [3.8, 4) is 22.4 Å². The third-order valence-corrected chi connectivity index (χ3v) is 5.70. The van der Waals surface area contributed by atoms with E-state index in [0.717, 1.165) is 12.1 Å². The number of aromatic nitrogens is 2. The van der Waals surface area contributed by atoms with Crippen LogP contribution in [0.5, 0.6) is 0 Å². The lowest BCUT2D eigenvalue weighted by Gasteiger charge is -2.14. The van der Waals surface area contributed by atoms with E-state index in [2.05, 4.69) is 20.2 Å². The van der Waals surface area contributed by atoms with Gasteiger partial charge in [-0.1, -0.05) is 48.5 Å². The number of aliphatic imine (C=N–C) groups is 2. The van der Waals surface area contributed by atoms with E-state index in [1.54, 1.807) is 42.5 Å². The van der Waals surface area contributed by atoms with Crippen LogP contribution in [-0.4, -0.2) is 28.3 Å². The SMILES string of the molecule is Fc1cccc(C2=NC(Cc3ccc(-c4ccc(-c5ccccc5)cc4C(F)(F)F)nn3)C=N2)c1F. The summed E-state index contributed by atoms with van der Waals surface area (Å²) in [5.41, 5.74) is 0.734. The molecule has 1 atom stereocenters. The number of halogens is 5. The average Bonchev–Trinajstić information content (AvgIpc) is 3.34. The summed E-state index contributed by atoms with van der Waals surface area (Å²) in [5, 5.41) is 8.09. The number of alkyl halides is 3. The summed E-state index contributed by atoms with van der Waals surface area (Å²) in [6, 6.07) is 19.2. The maximum atomic E-state index is 14.0. The molecule has 0 bridgehead atoms. The molecule has 1 aliphatic heterocycles. The minimum absolute atomic E-state index is 0.0474. The van der Waals surface area contributed by atoms with Gasteiger partial charge in [0.05, 0.1) is 28.6 Å². The summed E-state index contributed by atoms with van der Waals surface area (Å²) in [4.78, 5) is 8.36. The van der Waals surface area contributed by atoms with Crippen LogP contribution in [0.25, 0.3) is 22.4 Å². The van der Waals surface area contributed by atoms with Crippen LogP contribution in [0.4, 0.5) is 22.0 Å². The summed E-state index contributed by atoms with van der Waals surface area (Å²) < 4.78 is 69.2. The molecule has 36 heavy (non-hydrogen) atoms. The maximum Gasteiger partial charge on any atom is 0.417 e. The summed E-state index contributed by atoms with van der Waals surface area (Å²) in [6.45, 7) is 0. The molecule has 180 valence electrons. The smallest absolute Gasteiger partial charge is 0.257 e. The molecule has 0 amide bonds. The second-order valence-corrected chi connectivity index (χ2v) is 8.14. The lowest BCUT2D eigenvalue weighted by Crippen LogP contribution is -2.11. The minimum atomic E-state index is -4.59. The molecule has 1 aliphatic rings. The van der Waals surface area contributed by atoms with E-state index >= 15 is 0 Å². The Labute approximate surface area is 202 Å². The molecule has 5 rings (SSSR count). The number of hydrogen-bond donors (Lipinski definition) is 0. The molecule has 2 heterocycles. The van der Waals surface area contributed by atoms with E-state index in [1.807, 2.05) is 0 Å². The van der Waals surface area contributed by atoms with Gasteiger partial charge in [-0.05, 0) is 41.5 Å². The van der Waals surface area contributed by atoms with Crippen LogP contribution in [-0.2, 0) is 12.6 Å². The van der Waals surface area contributed by atoms with Gasteiger partial charge < -0.3 is 0 Å². The Morgan fingerprint density at radius 1 is 0.750 bits per heavy atom. The molecule has 0 N–H and O–H groups in total. The fraction of sp³-hybridized carbons (Fsp3) is 0.111. The van der Waals surface area contributed by atoms with Crippen LogP contribution < -0.4 is 0 Å². The Morgan fingerprint density at radius 2 is 1.56 bits per heavy atom. The van der Waals surface area contributed by atoms with Crippen molar-refractivity contribution in [3.05, 3.63) is 107 Å². The van der Waals surface area contributed by atoms with Crippen molar-refractivity contribution >= 4 is 12.1 Å². The van der Waals surface area contributed by atoms with Crippen LogP contribution in [0.1, 0.15) is 16.8 Å². The van der Waals surface area contributed by atoms with E-state index in [0.29, 0.717) is 16.8 Å². The van der Waals surface area contributed by atoms with Gasteiger partial charge in [0, 0.05) is 18.2 Å². The third-order valence-electron chi connectivity index (χ3n) is 5.70. The molecule has 4 nitrogen and oxygen atoms in total. The van der Waals surface area contributed by atoms with Crippen molar-refractivity contribution in [3.63, 3.8) is 0 Å². The molecule has 0 aliphatic carbocycles. The molecule has 0 radical (unpaired) electrons. The van der Waals surface area contributed by atoms with Crippen molar-refractivity contribution < 1.29 is 22.0 Å². The zero-order chi connectivity index (χ0) is 25.3. The lowest BCUT2D eigenvalue weighted by molar-refractivity contribution is -0.137. The maximum absolute atomic E-state index is 14.0. The van der Waals surface area contributed by atoms with Gasteiger partial charge in [-0.15, -0.1) is 0 Å². The second kappa shape index (κ2) is 9.41. The number of amidine groups is 1. The Balaban J connectivity index is 1.38. The predicted molar refractivity (Wildman–Crippen MR) is 127 cm³/mol. The van der Waals surface area contributed by atoms with Crippen LogP contribution >= 0.6 is 0 Å². The predicted octanol–water partition coefficient (Wildman–Crippen LogP) is 6.55. The van der Waals surface area contributed by atoms with Gasteiger partial charge in [0.1, 0.15) is 0 Å². The summed E-state index contributed by atoms with van der Waals surface area (Å²) in [5.74, 6) is -1.96. The molecule has 1 aromatic heterocycles. The van der Waals surface area contributed by atoms with Gasteiger partial charge >= 0.3 is 6.18 Å². The zero-order valence-corrected chi connectivity index (χ0v) is 18.5. The first kappa shape index (κ1) is 23.5. The summed E-state index contributed by atoms with van der Waals surface area (Å²) >= 11 is 0. The molecular weight excluding hydrogens is 475 g/mol. The van der Waals surface area contributed by atoms with Gasteiger partial charge in [0.25, 0.3) is 0 Å². The van der Waals surface area contributed by atoms with Crippen LogP contribution in [0.3, 0.4) is 0 Å². The van der Waals surface area contributed by atoms with Crippen molar-refractivity contribution in [2.75, 3.05) is 0 Å². The highest BCUT2D eigenvalue weighted by Crippen LogP contribution is 2.38. The number of nitrogens with zero attached hydrogens (tertiary/aromatic N) is 4. The topological polar surface area (TPSA) is 50.5 Å². The first-order valence-electron chi connectivity index (χ1n) is 11.0. The van der Waals surface area contributed by atoms with E-state index in [9.17, 15) is 22.0 Å². The van der Waals surface area contributed by atoms with Gasteiger partial charge in [0.15, 0.2) is 17.5 Å². The fourth-order valence-electron chi connectivity index (χ4n) is 3.93. The summed E-state index contributed by atoms with van der Waals surface area (Å²) in [7, 11) is 0. The van der Waals surface area contributed by atoms with Crippen LogP contribution in [0.15, 0.2) is 88.8 Å². The molecule has 0 saturated carbocycles. The van der Waals surface area contributed by atoms with Crippen molar-refractivity contribution in [1.82, 2.24) is 10.2 Å². The average molecular weight is 492 g/mol. The second-order valence-electron chi connectivity index (χ2n) is 8.14. The molecule has 3 aromatic carbocycles. The molecule has 0 fully saturated rings. The van der Waals surface area contributed by atoms with Crippen LogP contribution in [0.2, 0.25) is 0 Å². The van der Waals surface area contributed by atoms with E-state index in [4.69, 9.17) is 0 Å². The highest BCUT2D eigenvalue weighted by Gasteiger charge is 2.34. The quantitative estimate of drug-likeness (QED) is 0.297. The highest BCUT2D eigenvalue weighted by atomic mass is 19.4. The zero-order valence-electron chi connectivity index (χ0n) is 18.5. The number of hydrogen-bond acceptors (Lipinski definition) is 4. The van der Waals surface area contributed by atoms with Crippen molar-refractivity contribution in [2.24, 2.45) is 9.98 Å². The molecular formula is C27H17F5N4. The fourth-order valence-corrected chi connectivity index (χ4v) is 3.93. The molecule has 0 spiro atoms. The standard InChI is InChI=1S/C27H17F5N4/c28-23-8-4-7-21(25(23)29)26-33-15-19(34-26)14-18-10-12-24(36-35-18)20-11-9-17(13-22(20)27(30,31)32)16-5-2-1-3-6-16/h1-13,15,19H,14H2. The third kappa shape index (κ3) is 4.77. The molecule has 1 unspecified atom stereocenters. The largest absolute Gasteiger partial charge is 0.417 e. The molecule has 4 aromatic rings. The first-order valence-corrected chi connectivity index (χ1v) is 11.0. The Bertz CT molecular complexity index is 1460. The molecule has 9 heteroatoms. The van der Waals surface area contributed by atoms with Crippen molar-refractivity contribution in [1.29, 1.82) is 0 Å².